The maximum Gasteiger partial charge on any atom is 0.372 e. The fraction of sp³-hybridized carbons (Fsp3) is 0.417. The van der Waals surface area contributed by atoms with Crippen LogP contribution in [0.15, 0.2) is 11.8 Å². The summed E-state index contributed by atoms with van der Waals surface area (Å²) in [4.78, 5) is 23.6. The Balaban J connectivity index is 2.10. The van der Waals surface area contributed by atoms with Crippen LogP contribution in [0.5, 0.6) is 5.88 Å². The Morgan fingerprint density at radius 1 is 1.43 bits per heavy atom. The van der Waals surface area contributed by atoms with Crippen molar-refractivity contribution in [1.82, 2.24) is 15.0 Å². The molecule has 0 aliphatic heterocycles. The molecule has 2 rings (SSSR count). The quantitative estimate of drug-likeness (QED) is 0.617. The van der Waals surface area contributed by atoms with Gasteiger partial charge in [0.1, 0.15) is 6.33 Å². The molecule has 0 aromatic carbocycles. The molecule has 112 valence electrons. The summed E-state index contributed by atoms with van der Waals surface area (Å²) < 4.78 is 5.46. The van der Waals surface area contributed by atoms with Gasteiger partial charge in [0.05, 0.1) is 22.7 Å². The molecule has 0 bridgehead atoms. The standard InChI is InChI=1S/C12H15N5O3S/c1-3-13-11-10(17(18)19)12(15-6-14-11)20-5-4-9-8(2)16-7-21-9/h6-7H,3-5H2,1-2H3,(H,13,14,15). The molecule has 2 aromatic heterocycles. The minimum absolute atomic E-state index is 0.0203. The van der Waals surface area contributed by atoms with Gasteiger partial charge in [-0.2, -0.15) is 4.98 Å². The average molecular weight is 309 g/mol. The van der Waals surface area contributed by atoms with Crippen molar-refractivity contribution < 1.29 is 9.66 Å². The number of nitrogens with one attached hydrogen (secondary N) is 1. The highest BCUT2D eigenvalue weighted by Crippen LogP contribution is 2.30. The molecular weight excluding hydrogens is 294 g/mol. The van der Waals surface area contributed by atoms with Gasteiger partial charge in [0, 0.05) is 17.8 Å². The van der Waals surface area contributed by atoms with E-state index in [1.54, 1.807) is 5.51 Å². The molecule has 0 unspecified atom stereocenters. The van der Waals surface area contributed by atoms with E-state index in [-0.39, 0.29) is 17.4 Å². The number of aromatic nitrogens is 3. The second-order valence-electron chi connectivity index (χ2n) is 4.12. The van der Waals surface area contributed by atoms with Crippen LogP contribution in [0.4, 0.5) is 11.5 Å². The van der Waals surface area contributed by atoms with Crippen molar-refractivity contribution in [2.75, 3.05) is 18.5 Å². The van der Waals surface area contributed by atoms with Gasteiger partial charge in [-0.25, -0.2) is 9.97 Å². The third-order valence-corrected chi connectivity index (χ3v) is 3.72. The van der Waals surface area contributed by atoms with Crippen LogP contribution in [0.3, 0.4) is 0 Å². The Bertz CT molecular complexity index is 631. The van der Waals surface area contributed by atoms with E-state index in [2.05, 4.69) is 20.3 Å². The van der Waals surface area contributed by atoms with E-state index in [4.69, 9.17) is 4.74 Å². The highest BCUT2D eigenvalue weighted by molar-refractivity contribution is 7.09. The third kappa shape index (κ3) is 3.63. The average Bonchev–Trinajstić information content (AvgIpc) is 2.85. The van der Waals surface area contributed by atoms with Crippen LogP contribution in [0.2, 0.25) is 0 Å². The maximum atomic E-state index is 11.2. The molecule has 0 radical (unpaired) electrons. The lowest BCUT2D eigenvalue weighted by Crippen LogP contribution is -2.09. The zero-order chi connectivity index (χ0) is 15.2. The molecule has 0 aliphatic carbocycles. The van der Waals surface area contributed by atoms with Crippen molar-refractivity contribution in [2.45, 2.75) is 20.3 Å². The first-order chi connectivity index (χ1) is 10.1. The molecule has 2 aromatic rings. The molecule has 0 saturated heterocycles. The van der Waals surface area contributed by atoms with E-state index in [1.165, 1.54) is 17.7 Å². The summed E-state index contributed by atoms with van der Waals surface area (Å²) >= 11 is 1.54. The van der Waals surface area contributed by atoms with Crippen molar-refractivity contribution in [1.29, 1.82) is 0 Å². The van der Waals surface area contributed by atoms with E-state index in [1.807, 2.05) is 13.8 Å². The molecular formula is C12H15N5O3S. The molecule has 1 N–H and O–H groups in total. The molecule has 0 spiro atoms. The van der Waals surface area contributed by atoms with Gasteiger partial charge in [0.15, 0.2) is 0 Å². The minimum Gasteiger partial charge on any atom is -0.472 e. The van der Waals surface area contributed by atoms with Gasteiger partial charge in [0.2, 0.25) is 5.82 Å². The van der Waals surface area contributed by atoms with Gasteiger partial charge in [0.25, 0.3) is 5.88 Å². The molecule has 0 atom stereocenters. The first-order valence-electron chi connectivity index (χ1n) is 6.38. The summed E-state index contributed by atoms with van der Waals surface area (Å²) in [6.07, 6.45) is 1.88. The largest absolute Gasteiger partial charge is 0.472 e. The number of rotatable bonds is 7. The number of nitro groups is 1. The molecule has 0 fully saturated rings. The van der Waals surface area contributed by atoms with Crippen molar-refractivity contribution in [3.63, 3.8) is 0 Å². The topological polar surface area (TPSA) is 103 Å². The number of nitrogens with zero attached hydrogens (tertiary/aromatic N) is 4. The van der Waals surface area contributed by atoms with E-state index < -0.39 is 4.92 Å². The first-order valence-corrected chi connectivity index (χ1v) is 7.26. The number of ether oxygens (including phenoxy) is 1. The highest BCUT2D eigenvalue weighted by atomic mass is 32.1. The summed E-state index contributed by atoms with van der Waals surface area (Å²) in [5, 5.41) is 14.0. The Morgan fingerprint density at radius 3 is 2.86 bits per heavy atom. The number of hydrogen-bond acceptors (Lipinski definition) is 8. The molecule has 9 heteroatoms. The predicted molar refractivity (Wildman–Crippen MR) is 78.9 cm³/mol. The van der Waals surface area contributed by atoms with Crippen molar-refractivity contribution >= 4 is 22.8 Å². The van der Waals surface area contributed by atoms with Crippen LogP contribution >= 0.6 is 11.3 Å². The molecule has 0 amide bonds. The Hall–Kier alpha value is -2.29. The van der Waals surface area contributed by atoms with Crippen LogP contribution in [0.25, 0.3) is 0 Å². The second-order valence-corrected chi connectivity index (χ2v) is 5.06. The van der Waals surface area contributed by atoms with Crippen LogP contribution < -0.4 is 10.1 Å². The minimum atomic E-state index is -0.536. The zero-order valence-electron chi connectivity index (χ0n) is 11.7. The van der Waals surface area contributed by atoms with Gasteiger partial charge < -0.3 is 10.1 Å². The smallest absolute Gasteiger partial charge is 0.372 e. The predicted octanol–water partition coefficient (Wildman–Crippen LogP) is 2.20. The summed E-state index contributed by atoms with van der Waals surface area (Å²) in [6, 6.07) is 0. The van der Waals surface area contributed by atoms with Crippen LogP contribution in [-0.4, -0.2) is 33.0 Å². The zero-order valence-corrected chi connectivity index (χ0v) is 12.5. The van der Waals surface area contributed by atoms with Crippen LogP contribution in [-0.2, 0) is 6.42 Å². The lowest BCUT2D eigenvalue weighted by atomic mass is 10.3. The Kier molecular flexibility index (Phi) is 4.99. The van der Waals surface area contributed by atoms with Gasteiger partial charge in [-0.05, 0) is 13.8 Å². The Labute approximate surface area is 125 Å². The maximum absolute atomic E-state index is 11.2. The summed E-state index contributed by atoms with van der Waals surface area (Å²) in [5.74, 6) is 0.148. The van der Waals surface area contributed by atoms with Gasteiger partial charge in [-0.1, -0.05) is 0 Å². The lowest BCUT2D eigenvalue weighted by Gasteiger charge is -2.08. The van der Waals surface area contributed by atoms with Crippen molar-refractivity contribution in [3.05, 3.63) is 32.5 Å². The van der Waals surface area contributed by atoms with Gasteiger partial charge in [-0.3, -0.25) is 10.1 Å². The number of hydrogen-bond donors (Lipinski definition) is 1. The molecule has 0 aliphatic rings. The lowest BCUT2D eigenvalue weighted by molar-refractivity contribution is -0.385. The van der Waals surface area contributed by atoms with E-state index >= 15 is 0 Å². The molecule has 8 nitrogen and oxygen atoms in total. The van der Waals surface area contributed by atoms with E-state index in [0.717, 1.165) is 10.6 Å². The van der Waals surface area contributed by atoms with Gasteiger partial charge >= 0.3 is 5.69 Å². The summed E-state index contributed by atoms with van der Waals surface area (Å²) in [5.41, 5.74) is 2.48. The number of anilines is 1. The SMILES string of the molecule is CCNc1ncnc(OCCc2scnc2C)c1[N+](=O)[O-]. The third-order valence-electron chi connectivity index (χ3n) is 2.73. The molecule has 21 heavy (non-hydrogen) atoms. The number of aryl methyl sites for hydroxylation is 1. The summed E-state index contributed by atoms with van der Waals surface area (Å²) in [7, 11) is 0. The van der Waals surface area contributed by atoms with E-state index in [9.17, 15) is 10.1 Å². The monoisotopic (exact) mass is 309 g/mol. The molecule has 2 heterocycles. The van der Waals surface area contributed by atoms with Crippen molar-refractivity contribution in [2.24, 2.45) is 0 Å². The van der Waals surface area contributed by atoms with E-state index in [0.29, 0.717) is 19.6 Å². The fourth-order valence-corrected chi connectivity index (χ4v) is 2.50. The highest BCUT2D eigenvalue weighted by Gasteiger charge is 2.24. The van der Waals surface area contributed by atoms with Gasteiger partial charge in [-0.15, -0.1) is 11.3 Å². The van der Waals surface area contributed by atoms with Crippen LogP contribution in [0, 0.1) is 17.0 Å². The Morgan fingerprint density at radius 2 is 2.24 bits per heavy atom. The second kappa shape index (κ2) is 6.93. The number of thiazole rings is 1. The molecule has 0 saturated carbocycles. The first kappa shape index (κ1) is 15.1. The fourth-order valence-electron chi connectivity index (χ4n) is 1.74. The normalized spacial score (nSPS) is 10.4. The summed E-state index contributed by atoms with van der Waals surface area (Å²) in [6.45, 7) is 4.57. The van der Waals surface area contributed by atoms with Crippen molar-refractivity contribution in [3.8, 4) is 5.88 Å². The van der Waals surface area contributed by atoms with Crippen LogP contribution in [0.1, 0.15) is 17.5 Å².